The Balaban J connectivity index is 1.81. The van der Waals surface area contributed by atoms with Crippen molar-refractivity contribution in [3.8, 4) is 0 Å². The number of hydrogen-bond donors (Lipinski definition) is 1. The first-order chi connectivity index (χ1) is 9.81. The van der Waals surface area contributed by atoms with E-state index in [2.05, 4.69) is 36.2 Å². The molecule has 0 aromatic heterocycles. The van der Waals surface area contributed by atoms with Crippen LogP contribution in [-0.4, -0.2) is 37.7 Å². The lowest BCUT2D eigenvalue weighted by Gasteiger charge is -2.37. The summed E-state index contributed by atoms with van der Waals surface area (Å²) in [5.74, 6) is 0.781. The Hall–Kier alpha value is -0.900. The fourth-order valence-corrected chi connectivity index (χ4v) is 3.44. The summed E-state index contributed by atoms with van der Waals surface area (Å²) in [6.45, 7) is 2.46. The molecule has 1 aliphatic heterocycles. The number of nitrogens with two attached hydrogens (primary N) is 1. The second kappa shape index (κ2) is 6.25. The molecule has 1 heterocycles. The minimum absolute atomic E-state index is 0.342. The Bertz CT molecular complexity index is 438. The van der Waals surface area contributed by atoms with Crippen LogP contribution in [0, 0.1) is 0 Å². The number of rotatable bonds is 5. The molecule has 3 heteroatoms. The number of hydrogen-bond acceptors (Lipinski definition) is 3. The minimum atomic E-state index is 0.342. The molecule has 3 nitrogen and oxygen atoms in total. The van der Waals surface area contributed by atoms with Gasteiger partial charge in [-0.2, -0.15) is 0 Å². The highest BCUT2D eigenvalue weighted by molar-refractivity contribution is 5.36. The first-order valence-electron chi connectivity index (χ1n) is 7.90. The van der Waals surface area contributed by atoms with Crippen molar-refractivity contribution in [2.75, 3.05) is 26.8 Å². The van der Waals surface area contributed by atoms with Gasteiger partial charge >= 0.3 is 0 Å². The predicted octanol–water partition coefficient (Wildman–Crippen LogP) is 2.67. The van der Waals surface area contributed by atoms with Crippen LogP contribution in [0.25, 0.3) is 0 Å². The summed E-state index contributed by atoms with van der Waals surface area (Å²) >= 11 is 0. The molecule has 0 spiro atoms. The predicted molar refractivity (Wildman–Crippen MR) is 81.8 cm³/mol. The van der Waals surface area contributed by atoms with Crippen LogP contribution in [0.4, 0.5) is 0 Å². The van der Waals surface area contributed by atoms with E-state index >= 15 is 0 Å². The highest BCUT2D eigenvalue weighted by atomic mass is 16.5. The molecule has 1 unspecified atom stereocenters. The van der Waals surface area contributed by atoms with Crippen molar-refractivity contribution in [3.63, 3.8) is 0 Å². The van der Waals surface area contributed by atoms with Crippen molar-refractivity contribution in [3.05, 3.63) is 35.4 Å². The Morgan fingerprint density at radius 3 is 2.55 bits per heavy atom. The maximum absolute atomic E-state index is 6.13. The average Bonchev–Trinajstić information content (AvgIpc) is 3.34. The van der Waals surface area contributed by atoms with Gasteiger partial charge in [0.05, 0.1) is 0 Å². The molecule has 110 valence electrons. The lowest BCUT2D eigenvalue weighted by Crippen LogP contribution is -2.42. The Morgan fingerprint density at radius 1 is 1.20 bits per heavy atom. The molecular formula is C17H26N2O. The van der Waals surface area contributed by atoms with Crippen molar-refractivity contribution >= 4 is 0 Å². The number of nitrogens with zero attached hydrogens (tertiary/aromatic N) is 1. The zero-order chi connectivity index (χ0) is 13.9. The SMILES string of the molecule is CN(C1CCOCC1)C(CN)c1ccccc1C1CC1. The van der Waals surface area contributed by atoms with Gasteiger partial charge in [0.15, 0.2) is 0 Å². The van der Waals surface area contributed by atoms with Gasteiger partial charge in [-0.1, -0.05) is 24.3 Å². The molecule has 0 radical (unpaired) electrons. The molecule has 1 aromatic carbocycles. The number of likely N-dealkylation sites (N-methyl/N-ethyl adjacent to an activating group) is 1. The van der Waals surface area contributed by atoms with E-state index < -0.39 is 0 Å². The van der Waals surface area contributed by atoms with Crippen LogP contribution in [0.15, 0.2) is 24.3 Å². The molecular weight excluding hydrogens is 248 g/mol. The highest BCUT2D eigenvalue weighted by Gasteiger charge is 2.31. The molecule has 3 rings (SSSR count). The van der Waals surface area contributed by atoms with Crippen LogP contribution in [0.1, 0.15) is 48.8 Å². The van der Waals surface area contributed by atoms with Gasteiger partial charge in [-0.25, -0.2) is 0 Å². The summed E-state index contributed by atoms with van der Waals surface area (Å²) < 4.78 is 5.48. The molecule has 0 amide bonds. The molecule has 1 saturated heterocycles. The van der Waals surface area contributed by atoms with Crippen LogP contribution in [0.2, 0.25) is 0 Å². The first kappa shape index (κ1) is 14.1. The van der Waals surface area contributed by atoms with E-state index in [0.29, 0.717) is 18.6 Å². The van der Waals surface area contributed by atoms with Gasteiger partial charge < -0.3 is 10.5 Å². The standard InChI is InChI=1S/C17H26N2O/c1-19(14-8-10-20-11-9-14)17(12-18)16-5-3-2-4-15(16)13-6-7-13/h2-5,13-14,17H,6-12,18H2,1H3. The summed E-state index contributed by atoms with van der Waals surface area (Å²) in [6, 6.07) is 9.84. The van der Waals surface area contributed by atoms with Crippen molar-refractivity contribution in [2.45, 2.75) is 43.7 Å². The minimum Gasteiger partial charge on any atom is -0.381 e. The Kier molecular flexibility index (Phi) is 4.39. The summed E-state index contributed by atoms with van der Waals surface area (Å²) in [6.07, 6.45) is 4.93. The lowest BCUT2D eigenvalue weighted by molar-refractivity contribution is 0.0292. The molecule has 1 saturated carbocycles. The van der Waals surface area contributed by atoms with Crippen molar-refractivity contribution in [1.29, 1.82) is 0 Å². The number of benzene rings is 1. The van der Waals surface area contributed by atoms with Gasteiger partial charge in [0, 0.05) is 31.8 Å². The summed E-state index contributed by atoms with van der Waals surface area (Å²) in [7, 11) is 2.23. The maximum Gasteiger partial charge on any atom is 0.0480 e. The average molecular weight is 274 g/mol. The molecule has 1 aliphatic carbocycles. The third-order valence-electron chi connectivity index (χ3n) is 4.85. The van der Waals surface area contributed by atoms with Crippen molar-refractivity contribution < 1.29 is 4.74 Å². The molecule has 2 fully saturated rings. The van der Waals surface area contributed by atoms with E-state index in [1.165, 1.54) is 24.0 Å². The van der Waals surface area contributed by atoms with E-state index in [0.717, 1.165) is 32.0 Å². The molecule has 1 aromatic rings. The quantitative estimate of drug-likeness (QED) is 0.897. The smallest absolute Gasteiger partial charge is 0.0480 e. The molecule has 0 bridgehead atoms. The van der Waals surface area contributed by atoms with Crippen molar-refractivity contribution in [1.82, 2.24) is 4.90 Å². The topological polar surface area (TPSA) is 38.5 Å². The fraction of sp³-hybridized carbons (Fsp3) is 0.647. The van der Waals surface area contributed by atoms with Gasteiger partial charge in [-0.05, 0) is 49.8 Å². The highest BCUT2D eigenvalue weighted by Crippen LogP contribution is 2.43. The van der Waals surface area contributed by atoms with Crippen LogP contribution in [0.3, 0.4) is 0 Å². The monoisotopic (exact) mass is 274 g/mol. The van der Waals surface area contributed by atoms with Crippen molar-refractivity contribution in [2.24, 2.45) is 5.73 Å². The fourth-order valence-electron chi connectivity index (χ4n) is 3.44. The van der Waals surface area contributed by atoms with Crippen LogP contribution < -0.4 is 5.73 Å². The first-order valence-corrected chi connectivity index (χ1v) is 7.90. The third-order valence-corrected chi connectivity index (χ3v) is 4.85. The van der Waals surface area contributed by atoms with E-state index in [1.807, 2.05) is 0 Å². The zero-order valence-corrected chi connectivity index (χ0v) is 12.4. The van der Waals surface area contributed by atoms with E-state index in [4.69, 9.17) is 10.5 Å². The Labute approximate surface area is 122 Å². The van der Waals surface area contributed by atoms with Gasteiger partial charge in [0.1, 0.15) is 0 Å². The summed E-state index contributed by atoms with van der Waals surface area (Å²) in [4.78, 5) is 2.49. The summed E-state index contributed by atoms with van der Waals surface area (Å²) in [5, 5.41) is 0. The van der Waals surface area contributed by atoms with Gasteiger partial charge in [-0.3, -0.25) is 4.90 Å². The Morgan fingerprint density at radius 2 is 1.90 bits per heavy atom. The summed E-state index contributed by atoms with van der Waals surface area (Å²) in [5.41, 5.74) is 9.11. The molecule has 2 aliphatic rings. The second-order valence-electron chi connectivity index (χ2n) is 6.16. The van der Waals surface area contributed by atoms with Crippen LogP contribution in [0.5, 0.6) is 0 Å². The van der Waals surface area contributed by atoms with E-state index in [1.54, 1.807) is 0 Å². The van der Waals surface area contributed by atoms with E-state index in [-0.39, 0.29) is 0 Å². The van der Waals surface area contributed by atoms with Gasteiger partial charge in [0.2, 0.25) is 0 Å². The third kappa shape index (κ3) is 2.90. The normalized spacial score (nSPS) is 22.1. The second-order valence-corrected chi connectivity index (χ2v) is 6.16. The zero-order valence-electron chi connectivity index (χ0n) is 12.4. The molecule has 2 N–H and O–H groups in total. The van der Waals surface area contributed by atoms with Crippen LogP contribution in [-0.2, 0) is 4.74 Å². The van der Waals surface area contributed by atoms with Crippen LogP contribution >= 0.6 is 0 Å². The lowest BCUT2D eigenvalue weighted by atomic mass is 9.94. The largest absolute Gasteiger partial charge is 0.381 e. The van der Waals surface area contributed by atoms with Gasteiger partial charge in [0.25, 0.3) is 0 Å². The maximum atomic E-state index is 6.13. The van der Waals surface area contributed by atoms with Gasteiger partial charge in [-0.15, -0.1) is 0 Å². The number of ether oxygens (including phenoxy) is 1. The molecule has 20 heavy (non-hydrogen) atoms. The molecule has 1 atom stereocenters. The van der Waals surface area contributed by atoms with E-state index in [9.17, 15) is 0 Å².